The van der Waals surface area contributed by atoms with Crippen LogP contribution in [0.3, 0.4) is 0 Å². The van der Waals surface area contributed by atoms with Gasteiger partial charge < -0.3 is 9.64 Å². The Morgan fingerprint density at radius 1 is 1.27 bits per heavy atom. The van der Waals surface area contributed by atoms with Gasteiger partial charge in [0.1, 0.15) is 5.15 Å². The number of amides is 1. The zero-order chi connectivity index (χ0) is 18.5. The molecule has 1 amide bonds. The molecule has 0 bridgehead atoms. The highest BCUT2D eigenvalue weighted by Crippen LogP contribution is 2.27. The van der Waals surface area contributed by atoms with Crippen LogP contribution in [0.25, 0.3) is 10.9 Å². The molecule has 1 saturated carbocycles. The molecule has 1 aliphatic carbocycles. The summed E-state index contributed by atoms with van der Waals surface area (Å²) in [6.45, 7) is 3.64. The molecule has 0 aliphatic heterocycles. The Morgan fingerprint density at radius 3 is 2.77 bits per heavy atom. The van der Waals surface area contributed by atoms with Gasteiger partial charge in [-0.05, 0) is 38.0 Å². The molecule has 4 nitrogen and oxygen atoms in total. The molecule has 1 heterocycles. The molecule has 1 aliphatic rings. The zero-order valence-corrected chi connectivity index (χ0v) is 16.4. The van der Waals surface area contributed by atoms with Crippen molar-refractivity contribution in [2.24, 2.45) is 5.92 Å². The van der Waals surface area contributed by atoms with Crippen molar-refractivity contribution < 1.29 is 9.53 Å². The first kappa shape index (κ1) is 19.1. The molecular weight excluding hydrogens is 348 g/mol. The van der Waals surface area contributed by atoms with E-state index in [0.29, 0.717) is 24.8 Å². The van der Waals surface area contributed by atoms with Crippen molar-refractivity contribution >= 4 is 28.4 Å². The Morgan fingerprint density at radius 2 is 2.04 bits per heavy atom. The number of benzene rings is 1. The van der Waals surface area contributed by atoms with Crippen LogP contribution < -0.4 is 0 Å². The van der Waals surface area contributed by atoms with E-state index in [9.17, 15) is 4.79 Å². The van der Waals surface area contributed by atoms with Gasteiger partial charge in [0.25, 0.3) is 0 Å². The number of hydrogen-bond acceptors (Lipinski definition) is 3. The summed E-state index contributed by atoms with van der Waals surface area (Å²) in [4.78, 5) is 19.5. The molecule has 26 heavy (non-hydrogen) atoms. The summed E-state index contributed by atoms with van der Waals surface area (Å²) in [6, 6.07) is 8.18. The van der Waals surface area contributed by atoms with Gasteiger partial charge in [0.05, 0.1) is 12.1 Å². The van der Waals surface area contributed by atoms with Crippen molar-refractivity contribution in [3.8, 4) is 0 Å². The molecule has 0 unspecified atom stereocenters. The van der Waals surface area contributed by atoms with Gasteiger partial charge in [-0.1, -0.05) is 42.5 Å². The lowest BCUT2D eigenvalue weighted by molar-refractivity contribution is -0.137. The van der Waals surface area contributed by atoms with Crippen LogP contribution >= 0.6 is 11.6 Å². The maximum atomic E-state index is 13.0. The van der Waals surface area contributed by atoms with Crippen LogP contribution in [-0.4, -0.2) is 36.1 Å². The Kier molecular flexibility index (Phi) is 6.49. The van der Waals surface area contributed by atoms with E-state index in [2.05, 4.69) is 24.0 Å². The van der Waals surface area contributed by atoms with E-state index in [1.165, 1.54) is 12.0 Å². The average Bonchev–Trinajstić information content (AvgIpc) is 2.66. The van der Waals surface area contributed by atoms with Crippen molar-refractivity contribution in [2.45, 2.75) is 45.6 Å². The van der Waals surface area contributed by atoms with Gasteiger partial charge in [-0.2, -0.15) is 0 Å². The van der Waals surface area contributed by atoms with Crippen molar-refractivity contribution in [1.29, 1.82) is 0 Å². The molecule has 1 fully saturated rings. The van der Waals surface area contributed by atoms with E-state index >= 15 is 0 Å². The Bertz CT molecular complexity index is 772. The number of pyridine rings is 1. The minimum absolute atomic E-state index is 0.134. The first-order valence-corrected chi connectivity index (χ1v) is 9.80. The second-order valence-electron chi connectivity index (χ2n) is 7.22. The lowest BCUT2D eigenvalue weighted by Gasteiger charge is -2.29. The predicted octanol–water partition coefficient (Wildman–Crippen LogP) is 4.75. The molecule has 3 rings (SSSR count). The van der Waals surface area contributed by atoms with E-state index in [4.69, 9.17) is 16.3 Å². The zero-order valence-electron chi connectivity index (χ0n) is 15.6. The fraction of sp³-hybridized carbons (Fsp3) is 0.524. The third-order valence-corrected chi connectivity index (χ3v) is 5.52. The number of carbonyl (C=O) groups is 1. The van der Waals surface area contributed by atoms with Crippen LogP contribution in [-0.2, 0) is 16.1 Å². The van der Waals surface area contributed by atoms with Gasteiger partial charge in [0.15, 0.2) is 0 Å². The van der Waals surface area contributed by atoms with Crippen LogP contribution in [0.15, 0.2) is 24.3 Å². The highest BCUT2D eigenvalue weighted by atomic mass is 35.5. The van der Waals surface area contributed by atoms with Gasteiger partial charge in [0.2, 0.25) is 5.91 Å². The Hall–Kier alpha value is -1.65. The number of aryl methyl sites for hydroxylation is 1. The van der Waals surface area contributed by atoms with E-state index < -0.39 is 0 Å². The summed E-state index contributed by atoms with van der Waals surface area (Å²) in [5.74, 6) is 0.359. The highest BCUT2D eigenvalue weighted by molar-refractivity contribution is 6.30. The largest absolute Gasteiger partial charge is 0.383 e. The van der Waals surface area contributed by atoms with Crippen LogP contribution in [0.1, 0.15) is 43.2 Å². The number of methoxy groups -OCH3 is 1. The van der Waals surface area contributed by atoms with Gasteiger partial charge in [-0.3, -0.25) is 4.79 Å². The van der Waals surface area contributed by atoms with E-state index in [1.807, 2.05) is 17.0 Å². The van der Waals surface area contributed by atoms with Crippen LogP contribution in [0.2, 0.25) is 5.15 Å². The molecule has 140 valence electrons. The first-order chi connectivity index (χ1) is 12.6. The number of ether oxygens (including phenoxy) is 1. The normalized spacial score (nSPS) is 15.3. The van der Waals surface area contributed by atoms with Crippen LogP contribution in [0.5, 0.6) is 0 Å². The summed E-state index contributed by atoms with van der Waals surface area (Å²) in [6.07, 6.45) is 5.51. The second kappa shape index (κ2) is 8.83. The number of nitrogens with zero attached hydrogens (tertiary/aromatic N) is 2. The standard InChI is InChI=1S/C21H27ClN2O2/c1-15-8-9-19-17(12-15)13-18(20(22)23-19)14-24(10-11-26-2)21(25)16-6-4-3-5-7-16/h8-9,12-13,16H,3-7,10-11,14H2,1-2H3. The van der Waals surface area contributed by atoms with Crippen molar-refractivity contribution in [1.82, 2.24) is 9.88 Å². The molecule has 0 atom stereocenters. The quantitative estimate of drug-likeness (QED) is 0.685. The lowest BCUT2D eigenvalue weighted by Crippen LogP contribution is -2.38. The average molecular weight is 375 g/mol. The number of hydrogen-bond donors (Lipinski definition) is 0. The van der Waals surface area contributed by atoms with Gasteiger partial charge in [0, 0.05) is 37.1 Å². The number of fused-ring (bicyclic) bond motifs is 1. The van der Waals surface area contributed by atoms with Gasteiger partial charge >= 0.3 is 0 Å². The fourth-order valence-electron chi connectivity index (χ4n) is 3.71. The van der Waals surface area contributed by atoms with E-state index in [1.54, 1.807) is 7.11 Å². The van der Waals surface area contributed by atoms with Gasteiger partial charge in [-0.25, -0.2) is 4.98 Å². The molecule has 0 saturated heterocycles. The number of aromatic nitrogens is 1. The van der Waals surface area contributed by atoms with Crippen molar-refractivity contribution in [3.63, 3.8) is 0 Å². The Labute approximate surface area is 160 Å². The topological polar surface area (TPSA) is 42.4 Å². The van der Waals surface area contributed by atoms with Crippen LogP contribution in [0, 0.1) is 12.8 Å². The third-order valence-electron chi connectivity index (χ3n) is 5.19. The molecule has 2 aromatic rings. The number of carbonyl (C=O) groups excluding carboxylic acids is 1. The molecule has 0 N–H and O–H groups in total. The number of rotatable bonds is 6. The monoisotopic (exact) mass is 374 g/mol. The summed E-state index contributed by atoms with van der Waals surface area (Å²) in [5, 5.41) is 1.53. The summed E-state index contributed by atoms with van der Waals surface area (Å²) in [5.41, 5.74) is 2.96. The fourth-order valence-corrected chi connectivity index (χ4v) is 3.91. The maximum absolute atomic E-state index is 13.0. The molecule has 1 aromatic heterocycles. The molecule has 0 radical (unpaired) electrons. The van der Waals surface area contributed by atoms with E-state index in [-0.39, 0.29) is 11.8 Å². The minimum Gasteiger partial charge on any atom is -0.383 e. The highest BCUT2D eigenvalue weighted by Gasteiger charge is 2.26. The minimum atomic E-state index is 0.134. The molecular formula is C21H27ClN2O2. The lowest BCUT2D eigenvalue weighted by atomic mass is 9.88. The summed E-state index contributed by atoms with van der Waals surface area (Å²) in [7, 11) is 1.66. The second-order valence-corrected chi connectivity index (χ2v) is 7.58. The summed E-state index contributed by atoms with van der Waals surface area (Å²) >= 11 is 6.43. The maximum Gasteiger partial charge on any atom is 0.226 e. The number of halogens is 1. The molecule has 0 spiro atoms. The van der Waals surface area contributed by atoms with Crippen molar-refractivity contribution in [2.75, 3.05) is 20.3 Å². The summed E-state index contributed by atoms with van der Waals surface area (Å²) < 4.78 is 5.22. The smallest absolute Gasteiger partial charge is 0.226 e. The predicted molar refractivity (Wildman–Crippen MR) is 105 cm³/mol. The van der Waals surface area contributed by atoms with Crippen molar-refractivity contribution in [3.05, 3.63) is 40.5 Å². The Balaban J connectivity index is 1.84. The SMILES string of the molecule is COCCN(Cc1cc2cc(C)ccc2nc1Cl)C(=O)C1CCCCC1. The first-order valence-electron chi connectivity index (χ1n) is 9.42. The van der Waals surface area contributed by atoms with Crippen LogP contribution in [0.4, 0.5) is 0 Å². The van der Waals surface area contributed by atoms with Gasteiger partial charge in [-0.15, -0.1) is 0 Å². The molecule has 5 heteroatoms. The third kappa shape index (κ3) is 4.54. The van der Waals surface area contributed by atoms with E-state index in [0.717, 1.165) is 42.1 Å². The molecule has 1 aromatic carbocycles.